The van der Waals surface area contributed by atoms with Crippen LogP contribution < -0.4 is 0 Å². The van der Waals surface area contributed by atoms with Gasteiger partial charge < -0.3 is 0 Å². The lowest BCUT2D eigenvalue weighted by molar-refractivity contribution is -0.129. The zero-order chi connectivity index (χ0) is 35.2. The number of rotatable bonds is 8. The van der Waals surface area contributed by atoms with Crippen molar-refractivity contribution in [2.75, 3.05) is 26.2 Å². The highest BCUT2D eigenvalue weighted by atomic mass is 32.2. The molecular weight excluding hydrogens is 677 g/mol. The minimum absolute atomic E-state index is 0.0681. The molecule has 0 bridgehead atoms. The molecule has 0 N–H and O–H groups in total. The molecule has 0 amide bonds. The number of hydrogen-bond donors (Lipinski definition) is 0. The van der Waals surface area contributed by atoms with E-state index in [1.54, 1.807) is 0 Å². The maximum absolute atomic E-state index is 13.9. The number of benzene rings is 2. The molecule has 2 aliphatic heterocycles. The summed E-state index contributed by atoms with van der Waals surface area (Å²) < 4.78 is 57.7. The van der Waals surface area contributed by atoms with Crippen molar-refractivity contribution in [3.05, 3.63) is 58.7 Å². The lowest BCUT2D eigenvalue weighted by atomic mass is 9.79. The Labute approximate surface area is 295 Å². The van der Waals surface area contributed by atoms with Crippen LogP contribution in [0.25, 0.3) is 0 Å². The van der Waals surface area contributed by atoms with Gasteiger partial charge in [0.1, 0.15) is 11.6 Å². The van der Waals surface area contributed by atoms with Gasteiger partial charge in [-0.1, -0.05) is 38.5 Å². The van der Waals surface area contributed by atoms with Gasteiger partial charge in [-0.05, 0) is 87.8 Å². The molecule has 7 rings (SSSR count). The maximum atomic E-state index is 13.9. The van der Waals surface area contributed by atoms with E-state index in [1.807, 2.05) is 0 Å². The second-order valence-corrected chi connectivity index (χ2v) is 18.8. The summed E-state index contributed by atoms with van der Waals surface area (Å²) in [6.07, 6.45) is 12.0. The molecule has 268 valence electrons. The van der Waals surface area contributed by atoms with Crippen LogP contribution in [0.4, 0.5) is 0 Å². The van der Waals surface area contributed by atoms with E-state index in [2.05, 4.69) is 0 Å². The Morgan fingerprint density at radius 3 is 1.14 bits per heavy atom. The van der Waals surface area contributed by atoms with E-state index in [1.165, 1.54) is 45.0 Å². The van der Waals surface area contributed by atoms with Gasteiger partial charge in [-0.15, -0.1) is 0 Å². The predicted octanol–water partition coefficient (Wildman–Crippen LogP) is 5.56. The van der Waals surface area contributed by atoms with Crippen LogP contribution in [-0.2, 0) is 29.6 Å². The van der Waals surface area contributed by atoms with Crippen LogP contribution in [-0.4, -0.2) is 74.8 Å². The van der Waals surface area contributed by atoms with Crippen LogP contribution in [0.1, 0.15) is 122 Å². The summed E-state index contributed by atoms with van der Waals surface area (Å²) in [5, 5.41) is 0. The topological polar surface area (TPSA) is 143 Å². The highest BCUT2D eigenvalue weighted by Crippen LogP contribution is 2.36. The smallest absolute Gasteiger partial charge is 0.243 e. The van der Waals surface area contributed by atoms with Gasteiger partial charge in [0.05, 0.1) is 9.79 Å². The van der Waals surface area contributed by atoms with Crippen LogP contribution >= 0.6 is 0 Å². The zero-order valence-corrected chi connectivity index (χ0v) is 30.1. The number of fused-ring (bicyclic) bond motifs is 2. The van der Waals surface area contributed by atoms with Gasteiger partial charge in [0.15, 0.2) is 11.6 Å². The molecule has 50 heavy (non-hydrogen) atoms. The molecule has 12 heteroatoms. The number of carbonyl (C=O) groups is 4. The molecule has 3 aliphatic carbocycles. The van der Waals surface area contributed by atoms with Crippen molar-refractivity contribution in [1.29, 1.82) is 0 Å². The number of Topliss-reactive ketones (excluding diaryl/α,β-unsaturated/α-hetero) is 2. The van der Waals surface area contributed by atoms with Crippen LogP contribution in [0.5, 0.6) is 0 Å². The highest BCUT2D eigenvalue weighted by Gasteiger charge is 2.39. The van der Waals surface area contributed by atoms with Crippen LogP contribution in [0.15, 0.2) is 46.2 Å². The average Bonchev–Trinajstić information content (AvgIpc) is 3.16. The first-order valence-corrected chi connectivity index (χ1v) is 21.3. The second kappa shape index (κ2) is 14.2. The van der Waals surface area contributed by atoms with Gasteiger partial charge in [0.25, 0.3) is 0 Å². The number of sulfonamides is 2. The lowest BCUT2D eigenvalue weighted by Gasteiger charge is -2.33. The van der Waals surface area contributed by atoms with Crippen LogP contribution in [0.2, 0.25) is 0 Å². The Morgan fingerprint density at radius 2 is 0.780 bits per heavy atom. The standard InChI is InChI=1S/C38H46N2O8S2/c41-35(25-7-3-1-4-8-25)27-15-19-39(20-16-27)49(45,46)29-11-13-31-33(23-29)38(44)34-24-30(12-14-32(34)37(31)43)50(47,48)40-21-17-28(18-22-40)36(42)26-9-5-2-6-10-26/h11-14,23-28H,1-10,15-22H2. The molecule has 0 atom stereocenters. The van der Waals surface area contributed by atoms with Crippen molar-refractivity contribution < 1.29 is 36.0 Å². The predicted molar refractivity (Wildman–Crippen MR) is 186 cm³/mol. The molecule has 2 aromatic carbocycles. The summed E-state index contributed by atoms with van der Waals surface area (Å²) >= 11 is 0. The largest absolute Gasteiger partial charge is 0.299 e. The number of piperidine rings is 2. The number of hydrogen-bond acceptors (Lipinski definition) is 8. The van der Waals surface area contributed by atoms with E-state index >= 15 is 0 Å². The molecule has 5 aliphatic rings. The maximum Gasteiger partial charge on any atom is 0.243 e. The Bertz CT molecular complexity index is 1780. The Morgan fingerprint density at radius 1 is 0.460 bits per heavy atom. The Balaban J connectivity index is 1.05. The van der Waals surface area contributed by atoms with Crippen LogP contribution in [0.3, 0.4) is 0 Å². The molecular formula is C38H46N2O8S2. The first-order chi connectivity index (χ1) is 24.0. The first kappa shape index (κ1) is 35.3. The van der Waals surface area contributed by atoms with Crippen molar-refractivity contribution in [1.82, 2.24) is 8.61 Å². The molecule has 2 saturated heterocycles. The average molecular weight is 723 g/mol. The van der Waals surface area contributed by atoms with E-state index in [9.17, 15) is 36.0 Å². The van der Waals surface area contributed by atoms with E-state index in [0.29, 0.717) is 25.7 Å². The molecule has 0 radical (unpaired) electrons. The number of nitrogens with zero attached hydrogens (tertiary/aromatic N) is 2. The number of carbonyl (C=O) groups excluding carboxylic acids is 4. The van der Waals surface area contributed by atoms with Crippen molar-refractivity contribution in [2.45, 2.75) is 99.7 Å². The van der Waals surface area contributed by atoms with Gasteiger partial charge in [0, 0.05) is 72.1 Å². The molecule has 0 spiro atoms. The van der Waals surface area contributed by atoms with Crippen molar-refractivity contribution in [3.8, 4) is 0 Å². The quantitative estimate of drug-likeness (QED) is 0.294. The molecule has 0 unspecified atom stereocenters. The van der Waals surface area contributed by atoms with Gasteiger partial charge in [0.2, 0.25) is 20.0 Å². The summed E-state index contributed by atoms with van der Waals surface area (Å²) in [6, 6.07) is 7.84. The van der Waals surface area contributed by atoms with Gasteiger partial charge >= 0.3 is 0 Å². The molecule has 2 saturated carbocycles. The van der Waals surface area contributed by atoms with Crippen LogP contribution in [0, 0.1) is 23.7 Å². The fourth-order valence-electron chi connectivity index (χ4n) is 8.93. The fourth-order valence-corrected chi connectivity index (χ4v) is 11.9. The third-order valence-corrected chi connectivity index (χ3v) is 15.8. The Kier molecular flexibility index (Phi) is 10.0. The highest BCUT2D eigenvalue weighted by molar-refractivity contribution is 7.89. The van der Waals surface area contributed by atoms with E-state index < -0.39 is 31.6 Å². The summed E-state index contributed by atoms with van der Waals surface area (Å²) in [5.74, 6) is -0.720. The van der Waals surface area contributed by atoms with Gasteiger partial charge in [-0.25, -0.2) is 16.8 Å². The lowest BCUT2D eigenvalue weighted by Crippen LogP contribution is -2.41. The third kappa shape index (κ3) is 6.57. The van der Waals surface area contributed by atoms with Crippen molar-refractivity contribution >= 4 is 43.2 Å². The monoisotopic (exact) mass is 722 g/mol. The molecule has 10 nitrogen and oxygen atoms in total. The first-order valence-electron chi connectivity index (χ1n) is 18.4. The van der Waals surface area contributed by atoms with E-state index in [-0.39, 0.29) is 93.5 Å². The van der Waals surface area contributed by atoms with Gasteiger partial charge in [-0.3, -0.25) is 19.2 Å². The molecule has 2 heterocycles. The summed E-state index contributed by atoms with van der Waals surface area (Å²) in [6.45, 7) is 0.799. The second-order valence-electron chi connectivity index (χ2n) is 14.9. The van der Waals surface area contributed by atoms with E-state index in [4.69, 9.17) is 0 Å². The minimum atomic E-state index is -4.02. The number of ketones is 4. The van der Waals surface area contributed by atoms with Crippen molar-refractivity contribution in [2.24, 2.45) is 23.7 Å². The van der Waals surface area contributed by atoms with Crippen molar-refractivity contribution in [3.63, 3.8) is 0 Å². The minimum Gasteiger partial charge on any atom is -0.299 e. The zero-order valence-electron chi connectivity index (χ0n) is 28.5. The summed E-state index contributed by atoms with van der Waals surface area (Å²) in [4.78, 5) is 53.3. The molecule has 0 aromatic heterocycles. The SMILES string of the molecule is O=C1c2ccc(S(=O)(=O)N3CCC(C(=O)C4CCCCC4)CC3)cc2C(=O)c2cc(S(=O)(=O)N3CCC(C(=O)C4CCCCC4)CC3)ccc21. The summed E-state index contributed by atoms with van der Waals surface area (Å²) in [7, 11) is -8.04. The van der Waals surface area contributed by atoms with Gasteiger partial charge in [-0.2, -0.15) is 8.61 Å². The van der Waals surface area contributed by atoms with E-state index in [0.717, 1.165) is 64.2 Å². The fraction of sp³-hybridized carbons (Fsp3) is 0.579. The Hall–Kier alpha value is -3.06. The summed E-state index contributed by atoms with van der Waals surface area (Å²) in [5.41, 5.74) is -0.0258. The third-order valence-electron chi connectivity index (χ3n) is 12.0. The molecule has 2 aromatic rings. The molecule has 4 fully saturated rings. The normalized spacial score (nSPS) is 22.6.